The van der Waals surface area contributed by atoms with Gasteiger partial charge in [0.25, 0.3) is 0 Å². The van der Waals surface area contributed by atoms with E-state index in [4.69, 9.17) is 4.74 Å². The number of ether oxygens (including phenoxy) is 1. The number of Topliss-reactive ketones (excluding diaryl/α,β-unsaturated/α-hetero) is 1. The first kappa shape index (κ1) is 13.0. The quantitative estimate of drug-likeness (QED) is 0.799. The molecule has 1 aromatic carbocycles. The normalized spacial score (nSPS) is 14.8. The molecule has 0 N–H and O–H groups in total. The van der Waals surface area contributed by atoms with Gasteiger partial charge < -0.3 is 9.30 Å². The summed E-state index contributed by atoms with van der Waals surface area (Å²) in [7, 11) is 1.68. The second kappa shape index (κ2) is 5.53. The van der Waals surface area contributed by atoms with Gasteiger partial charge in [-0.25, -0.2) is 0 Å². The van der Waals surface area contributed by atoms with Crippen molar-refractivity contribution in [2.75, 3.05) is 7.11 Å². The summed E-state index contributed by atoms with van der Waals surface area (Å²) in [5.41, 5.74) is 3.31. The van der Waals surface area contributed by atoms with Crippen molar-refractivity contribution in [2.24, 2.45) is 0 Å². The van der Waals surface area contributed by atoms with E-state index in [1.165, 1.54) is 11.1 Å². The Balaban J connectivity index is 1.84. The molecule has 0 atom stereocenters. The Kier molecular flexibility index (Phi) is 3.59. The number of carbonyl (C=O) groups is 1. The molecule has 20 heavy (non-hydrogen) atoms. The summed E-state index contributed by atoms with van der Waals surface area (Å²) >= 11 is 0. The van der Waals surface area contributed by atoms with E-state index in [0.717, 1.165) is 37.1 Å². The highest BCUT2D eigenvalue weighted by Crippen LogP contribution is 2.22. The van der Waals surface area contributed by atoms with Crippen LogP contribution in [0.2, 0.25) is 0 Å². The van der Waals surface area contributed by atoms with Crippen molar-refractivity contribution < 1.29 is 9.53 Å². The molecule has 1 aliphatic carbocycles. The van der Waals surface area contributed by atoms with Crippen LogP contribution in [0.5, 0.6) is 5.75 Å². The Labute approximate surface area is 119 Å². The molecule has 0 unspecified atom stereocenters. The highest BCUT2D eigenvalue weighted by molar-refractivity contribution is 5.97. The van der Waals surface area contributed by atoms with Crippen molar-refractivity contribution in [2.45, 2.75) is 32.2 Å². The maximum atomic E-state index is 12.0. The predicted octanol–water partition coefficient (Wildman–Crippen LogP) is 3.45. The molecule has 0 radical (unpaired) electrons. The van der Waals surface area contributed by atoms with Gasteiger partial charge in [0.15, 0.2) is 5.78 Å². The fraction of sp³-hybridized carbons (Fsp3) is 0.353. The summed E-state index contributed by atoms with van der Waals surface area (Å²) < 4.78 is 7.36. The number of methoxy groups -OCH3 is 1. The Hall–Kier alpha value is -2.03. The smallest absolute Gasteiger partial charge is 0.164 e. The molecule has 2 aromatic rings. The van der Waals surface area contributed by atoms with Crippen LogP contribution < -0.4 is 4.74 Å². The number of fused-ring (bicyclic) bond motifs is 1. The van der Waals surface area contributed by atoms with E-state index in [1.54, 1.807) is 7.11 Å². The van der Waals surface area contributed by atoms with Gasteiger partial charge in [-0.2, -0.15) is 0 Å². The van der Waals surface area contributed by atoms with Gasteiger partial charge in [0.1, 0.15) is 5.75 Å². The van der Waals surface area contributed by atoms with Crippen LogP contribution in [0.1, 0.15) is 40.7 Å². The van der Waals surface area contributed by atoms with Crippen LogP contribution in [0.4, 0.5) is 0 Å². The van der Waals surface area contributed by atoms with Gasteiger partial charge >= 0.3 is 0 Å². The summed E-state index contributed by atoms with van der Waals surface area (Å²) in [6.07, 6.45) is 7.97. The van der Waals surface area contributed by atoms with Crippen LogP contribution >= 0.6 is 0 Å². The molecule has 3 heteroatoms. The van der Waals surface area contributed by atoms with Crippen LogP contribution in [0.25, 0.3) is 0 Å². The van der Waals surface area contributed by atoms with Crippen LogP contribution in [0.15, 0.2) is 36.7 Å². The SMILES string of the molecule is COc1cccc(Cn2cc3c(c2)C(=O)CCCC3)c1. The van der Waals surface area contributed by atoms with Crippen molar-refractivity contribution in [1.29, 1.82) is 0 Å². The lowest BCUT2D eigenvalue weighted by Gasteiger charge is -2.06. The Bertz CT molecular complexity index is 628. The number of rotatable bonds is 3. The molecule has 0 aliphatic heterocycles. The second-order valence-electron chi connectivity index (χ2n) is 5.35. The number of nitrogens with zero attached hydrogens (tertiary/aromatic N) is 1. The predicted molar refractivity (Wildman–Crippen MR) is 78.4 cm³/mol. The molecular weight excluding hydrogens is 250 g/mol. The molecule has 0 saturated heterocycles. The zero-order valence-corrected chi connectivity index (χ0v) is 11.8. The van der Waals surface area contributed by atoms with Gasteiger partial charge in [-0.05, 0) is 42.5 Å². The molecule has 0 amide bonds. The first-order valence-corrected chi connectivity index (χ1v) is 7.11. The molecule has 104 valence electrons. The largest absolute Gasteiger partial charge is 0.497 e. The first-order valence-electron chi connectivity index (χ1n) is 7.11. The standard InChI is InChI=1S/C17H19NO2/c1-20-15-7-4-5-13(9-15)10-18-11-14-6-2-3-8-17(19)16(14)12-18/h4-5,7,9,11-12H,2-3,6,8,10H2,1H3. The molecule has 0 fully saturated rings. The van der Waals surface area contributed by atoms with Gasteiger partial charge in [-0.15, -0.1) is 0 Å². The van der Waals surface area contributed by atoms with Gasteiger partial charge in [-0.3, -0.25) is 4.79 Å². The second-order valence-corrected chi connectivity index (χ2v) is 5.35. The third kappa shape index (κ3) is 2.62. The minimum atomic E-state index is 0.293. The monoisotopic (exact) mass is 269 g/mol. The Morgan fingerprint density at radius 1 is 1.20 bits per heavy atom. The molecule has 0 saturated carbocycles. The maximum absolute atomic E-state index is 12.0. The lowest BCUT2D eigenvalue weighted by Crippen LogP contribution is -1.99. The first-order chi connectivity index (χ1) is 9.76. The number of carbonyl (C=O) groups excluding carboxylic acids is 1. The molecule has 1 heterocycles. The van der Waals surface area contributed by atoms with Crippen molar-refractivity contribution in [1.82, 2.24) is 4.57 Å². The average Bonchev–Trinajstić information content (AvgIpc) is 2.78. The fourth-order valence-electron chi connectivity index (χ4n) is 2.81. The van der Waals surface area contributed by atoms with Crippen molar-refractivity contribution in [3.05, 3.63) is 53.3 Å². The topological polar surface area (TPSA) is 31.2 Å². The Morgan fingerprint density at radius 3 is 2.90 bits per heavy atom. The molecule has 1 aromatic heterocycles. The van der Waals surface area contributed by atoms with Gasteiger partial charge in [-0.1, -0.05) is 12.1 Å². The highest BCUT2D eigenvalue weighted by Gasteiger charge is 2.17. The summed E-state index contributed by atoms with van der Waals surface area (Å²) in [4.78, 5) is 12.0. The third-order valence-corrected chi connectivity index (χ3v) is 3.86. The van der Waals surface area contributed by atoms with Gasteiger partial charge in [0.2, 0.25) is 0 Å². The maximum Gasteiger partial charge on any atom is 0.164 e. The zero-order chi connectivity index (χ0) is 13.9. The summed E-state index contributed by atoms with van der Waals surface area (Å²) in [6.45, 7) is 0.775. The lowest BCUT2D eigenvalue weighted by atomic mass is 10.1. The number of ketones is 1. The summed E-state index contributed by atoms with van der Waals surface area (Å²) in [5.74, 6) is 1.16. The number of aryl methyl sites for hydroxylation is 1. The zero-order valence-electron chi connectivity index (χ0n) is 11.8. The van der Waals surface area contributed by atoms with Crippen molar-refractivity contribution >= 4 is 5.78 Å². The molecule has 0 bridgehead atoms. The van der Waals surface area contributed by atoms with E-state index >= 15 is 0 Å². The van der Waals surface area contributed by atoms with Crippen molar-refractivity contribution in [3.63, 3.8) is 0 Å². The van der Waals surface area contributed by atoms with E-state index < -0.39 is 0 Å². The fourth-order valence-corrected chi connectivity index (χ4v) is 2.81. The molecular formula is C17H19NO2. The average molecular weight is 269 g/mol. The third-order valence-electron chi connectivity index (χ3n) is 3.86. The van der Waals surface area contributed by atoms with Crippen LogP contribution in [-0.4, -0.2) is 17.5 Å². The number of aromatic nitrogens is 1. The number of benzene rings is 1. The van der Waals surface area contributed by atoms with Crippen molar-refractivity contribution in [3.8, 4) is 5.75 Å². The van der Waals surface area contributed by atoms with Crippen LogP contribution in [0.3, 0.4) is 0 Å². The Morgan fingerprint density at radius 2 is 2.05 bits per heavy atom. The van der Waals surface area contributed by atoms with E-state index in [1.807, 2.05) is 24.4 Å². The van der Waals surface area contributed by atoms with Gasteiger partial charge in [0.05, 0.1) is 7.11 Å². The van der Waals surface area contributed by atoms with E-state index in [-0.39, 0.29) is 0 Å². The van der Waals surface area contributed by atoms with Crippen LogP contribution in [-0.2, 0) is 13.0 Å². The lowest BCUT2D eigenvalue weighted by molar-refractivity contribution is 0.0982. The minimum Gasteiger partial charge on any atom is -0.497 e. The number of hydrogen-bond acceptors (Lipinski definition) is 2. The summed E-state index contributed by atoms with van der Waals surface area (Å²) in [6, 6.07) is 8.05. The molecule has 0 spiro atoms. The van der Waals surface area contributed by atoms with Crippen LogP contribution in [0, 0.1) is 0 Å². The summed E-state index contributed by atoms with van der Waals surface area (Å²) in [5, 5.41) is 0. The van der Waals surface area contributed by atoms with E-state index in [0.29, 0.717) is 12.2 Å². The number of hydrogen-bond donors (Lipinski definition) is 0. The van der Waals surface area contributed by atoms with Gasteiger partial charge in [0, 0.05) is 30.9 Å². The molecule has 1 aliphatic rings. The highest BCUT2D eigenvalue weighted by atomic mass is 16.5. The minimum absolute atomic E-state index is 0.293. The molecule has 3 nitrogen and oxygen atoms in total. The van der Waals surface area contributed by atoms with E-state index in [2.05, 4.69) is 16.8 Å². The van der Waals surface area contributed by atoms with E-state index in [9.17, 15) is 4.79 Å². The molecule has 3 rings (SSSR count).